The van der Waals surface area contributed by atoms with Crippen LogP contribution in [0.1, 0.15) is 36.5 Å². The van der Waals surface area contributed by atoms with Crippen LogP contribution in [0.3, 0.4) is 0 Å². The molecule has 0 saturated heterocycles. The number of carbonyl (C=O) groups excluding carboxylic acids is 1. The third-order valence-electron chi connectivity index (χ3n) is 3.17. The third-order valence-corrected chi connectivity index (χ3v) is 4.73. The van der Waals surface area contributed by atoms with Crippen molar-refractivity contribution < 1.29 is 22.3 Å². The summed E-state index contributed by atoms with van der Waals surface area (Å²) in [5.41, 5.74) is 4.95. The number of sulfonamides is 1. The molecule has 0 aliphatic rings. The van der Waals surface area contributed by atoms with Crippen LogP contribution in [0.25, 0.3) is 0 Å². The average molecular weight is 332 g/mol. The fourth-order valence-corrected chi connectivity index (χ4v) is 3.47. The second-order valence-electron chi connectivity index (χ2n) is 4.80. The molecule has 1 atom stereocenters. The minimum atomic E-state index is -4.08. The Morgan fingerprint density at radius 1 is 1.45 bits per heavy atom. The predicted octanol–water partition coefficient (Wildman–Crippen LogP) is 1.41. The van der Waals surface area contributed by atoms with E-state index >= 15 is 0 Å². The van der Waals surface area contributed by atoms with Crippen molar-refractivity contribution >= 4 is 16.0 Å². The molecule has 0 fully saturated rings. The molecule has 0 aromatic heterocycles. The number of nitrogens with one attached hydrogen (secondary N) is 1. The first kappa shape index (κ1) is 18.5. The van der Waals surface area contributed by atoms with Gasteiger partial charge in [-0.1, -0.05) is 25.8 Å². The van der Waals surface area contributed by atoms with Gasteiger partial charge in [-0.15, -0.1) is 0 Å². The Balaban J connectivity index is 3.17. The standard InChI is InChI=1S/C14H21FN2O4S/c1-3-4-6-10(9-16)17-22(19,20)12-8-5-7-11(15)13(12)14(18)21-2/h5,7-8,10,17H,3-4,6,9,16H2,1-2H3. The SMILES string of the molecule is CCCCC(CN)NS(=O)(=O)c1cccc(F)c1C(=O)OC. The Bertz CT molecular complexity index is 619. The molecule has 8 heteroatoms. The molecule has 0 radical (unpaired) electrons. The fraction of sp³-hybridized carbons (Fsp3) is 0.500. The van der Waals surface area contributed by atoms with Crippen molar-refractivity contribution in [2.45, 2.75) is 37.1 Å². The topological polar surface area (TPSA) is 98.5 Å². The zero-order valence-electron chi connectivity index (χ0n) is 12.6. The molecular weight excluding hydrogens is 311 g/mol. The molecule has 1 rings (SSSR count). The highest BCUT2D eigenvalue weighted by molar-refractivity contribution is 7.89. The number of halogens is 1. The van der Waals surface area contributed by atoms with Crippen LogP contribution in [0.5, 0.6) is 0 Å². The highest BCUT2D eigenvalue weighted by Gasteiger charge is 2.27. The van der Waals surface area contributed by atoms with E-state index in [4.69, 9.17) is 5.73 Å². The molecule has 0 saturated carbocycles. The lowest BCUT2D eigenvalue weighted by molar-refractivity contribution is 0.0590. The van der Waals surface area contributed by atoms with E-state index < -0.39 is 38.3 Å². The summed E-state index contributed by atoms with van der Waals surface area (Å²) < 4.78 is 45.5. The molecular formula is C14H21FN2O4S. The summed E-state index contributed by atoms with van der Waals surface area (Å²) in [4.78, 5) is 11.2. The van der Waals surface area contributed by atoms with Gasteiger partial charge in [0.1, 0.15) is 11.4 Å². The van der Waals surface area contributed by atoms with E-state index in [0.717, 1.165) is 32.1 Å². The molecule has 1 unspecified atom stereocenters. The lowest BCUT2D eigenvalue weighted by atomic mass is 10.1. The van der Waals surface area contributed by atoms with Gasteiger partial charge in [-0.3, -0.25) is 0 Å². The number of esters is 1. The monoisotopic (exact) mass is 332 g/mol. The largest absolute Gasteiger partial charge is 0.465 e. The van der Waals surface area contributed by atoms with Gasteiger partial charge in [0, 0.05) is 12.6 Å². The van der Waals surface area contributed by atoms with E-state index in [1.165, 1.54) is 6.07 Å². The van der Waals surface area contributed by atoms with Crippen LogP contribution < -0.4 is 10.5 Å². The molecule has 0 heterocycles. The van der Waals surface area contributed by atoms with Gasteiger partial charge in [0.2, 0.25) is 10.0 Å². The van der Waals surface area contributed by atoms with Gasteiger partial charge in [-0.05, 0) is 18.6 Å². The molecule has 22 heavy (non-hydrogen) atoms. The normalized spacial score (nSPS) is 12.9. The average Bonchev–Trinajstić information content (AvgIpc) is 2.50. The molecule has 0 amide bonds. The molecule has 1 aromatic rings. The smallest absolute Gasteiger partial charge is 0.342 e. The van der Waals surface area contributed by atoms with Gasteiger partial charge < -0.3 is 10.5 Å². The number of nitrogens with two attached hydrogens (primary N) is 1. The molecule has 0 spiro atoms. The van der Waals surface area contributed by atoms with E-state index in [1.54, 1.807) is 0 Å². The summed E-state index contributed by atoms with van der Waals surface area (Å²) >= 11 is 0. The van der Waals surface area contributed by atoms with E-state index in [-0.39, 0.29) is 6.54 Å². The quantitative estimate of drug-likeness (QED) is 0.701. The first-order chi connectivity index (χ1) is 10.4. The Morgan fingerprint density at radius 3 is 2.68 bits per heavy atom. The maximum Gasteiger partial charge on any atom is 0.342 e. The van der Waals surface area contributed by atoms with Gasteiger partial charge in [-0.2, -0.15) is 0 Å². The number of ether oxygens (including phenoxy) is 1. The van der Waals surface area contributed by atoms with Crippen molar-refractivity contribution in [3.8, 4) is 0 Å². The van der Waals surface area contributed by atoms with E-state index in [9.17, 15) is 17.6 Å². The Labute approximate surface area is 129 Å². The summed E-state index contributed by atoms with van der Waals surface area (Å²) in [6.45, 7) is 2.09. The van der Waals surface area contributed by atoms with E-state index in [1.807, 2.05) is 6.92 Å². The van der Waals surface area contributed by atoms with Gasteiger partial charge in [-0.25, -0.2) is 22.3 Å². The van der Waals surface area contributed by atoms with Gasteiger partial charge in [0.15, 0.2) is 0 Å². The van der Waals surface area contributed by atoms with Crippen LogP contribution in [0.2, 0.25) is 0 Å². The van der Waals surface area contributed by atoms with Crippen molar-refractivity contribution in [2.75, 3.05) is 13.7 Å². The van der Waals surface area contributed by atoms with Gasteiger partial charge in [0.05, 0.1) is 12.0 Å². The summed E-state index contributed by atoms with van der Waals surface area (Å²) in [7, 11) is -3.02. The zero-order chi connectivity index (χ0) is 16.8. The van der Waals surface area contributed by atoms with Crippen LogP contribution in [-0.4, -0.2) is 34.1 Å². The highest BCUT2D eigenvalue weighted by atomic mass is 32.2. The van der Waals surface area contributed by atoms with Gasteiger partial charge in [0.25, 0.3) is 0 Å². The summed E-state index contributed by atoms with van der Waals surface area (Å²) in [6.07, 6.45) is 2.26. The Kier molecular flexibility index (Phi) is 6.92. The molecule has 0 aliphatic carbocycles. The van der Waals surface area contributed by atoms with Crippen LogP contribution in [-0.2, 0) is 14.8 Å². The fourth-order valence-electron chi connectivity index (χ4n) is 1.99. The van der Waals surface area contributed by atoms with E-state index in [2.05, 4.69) is 9.46 Å². The molecule has 0 aliphatic heterocycles. The molecule has 6 nitrogen and oxygen atoms in total. The number of unbranched alkanes of at least 4 members (excludes halogenated alkanes) is 1. The molecule has 124 valence electrons. The first-order valence-electron chi connectivity index (χ1n) is 6.96. The van der Waals surface area contributed by atoms with Crippen molar-refractivity contribution in [1.82, 2.24) is 4.72 Å². The van der Waals surface area contributed by atoms with Crippen LogP contribution >= 0.6 is 0 Å². The highest BCUT2D eigenvalue weighted by Crippen LogP contribution is 2.20. The van der Waals surface area contributed by atoms with Crippen molar-refractivity contribution in [1.29, 1.82) is 0 Å². The van der Waals surface area contributed by atoms with Crippen LogP contribution in [0.4, 0.5) is 4.39 Å². The first-order valence-corrected chi connectivity index (χ1v) is 8.44. The summed E-state index contributed by atoms with van der Waals surface area (Å²) in [5.74, 6) is -2.00. The number of benzene rings is 1. The lowest BCUT2D eigenvalue weighted by Gasteiger charge is -2.18. The summed E-state index contributed by atoms with van der Waals surface area (Å²) in [6, 6.07) is 2.91. The number of methoxy groups -OCH3 is 1. The van der Waals surface area contributed by atoms with Crippen molar-refractivity contribution in [2.24, 2.45) is 5.73 Å². The number of hydrogen-bond donors (Lipinski definition) is 2. The predicted molar refractivity (Wildman–Crippen MR) is 80.4 cm³/mol. The maximum atomic E-state index is 13.8. The number of rotatable bonds is 8. The molecule has 0 bridgehead atoms. The molecule has 1 aromatic carbocycles. The van der Waals surface area contributed by atoms with Crippen molar-refractivity contribution in [3.05, 3.63) is 29.6 Å². The van der Waals surface area contributed by atoms with E-state index in [0.29, 0.717) is 6.42 Å². The van der Waals surface area contributed by atoms with Gasteiger partial charge >= 0.3 is 5.97 Å². The second kappa shape index (κ2) is 8.21. The van der Waals surface area contributed by atoms with Crippen molar-refractivity contribution in [3.63, 3.8) is 0 Å². The third kappa shape index (κ3) is 4.49. The number of carbonyl (C=O) groups is 1. The Hall–Kier alpha value is -1.51. The Morgan fingerprint density at radius 2 is 2.14 bits per heavy atom. The second-order valence-corrected chi connectivity index (χ2v) is 6.48. The lowest BCUT2D eigenvalue weighted by Crippen LogP contribution is -2.40. The maximum absolute atomic E-state index is 13.8. The minimum Gasteiger partial charge on any atom is -0.465 e. The molecule has 3 N–H and O–H groups in total. The minimum absolute atomic E-state index is 0.113. The van der Waals surface area contributed by atoms with Crippen LogP contribution in [0.15, 0.2) is 23.1 Å². The number of hydrogen-bond acceptors (Lipinski definition) is 5. The van der Waals surface area contributed by atoms with Crippen LogP contribution in [0, 0.1) is 5.82 Å². The summed E-state index contributed by atoms with van der Waals surface area (Å²) in [5, 5.41) is 0. The zero-order valence-corrected chi connectivity index (χ0v) is 13.5.